The number of hydrogen-bond acceptors (Lipinski definition) is 4. The molecule has 2 aromatic rings. The van der Waals surface area contributed by atoms with E-state index in [0.717, 1.165) is 19.5 Å². The summed E-state index contributed by atoms with van der Waals surface area (Å²) in [6.45, 7) is 4.31. The number of rotatable bonds is 4. The summed E-state index contributed by atoms with van der Waals surface area (Å²) < 4.78 is 4.82. The van der Waals surface area contributed by atoms with Crippen molar-refractivity contribution in [2.75, 3.05) is 32.1 Å². The number of esters is 1. The number of fused-ring (bicyclic) bond motifs is 1. The molecule has 1 aliphatic heterocycles. The lowest BCUT2D eigenvalue weighted by atomic mass is 10.0. The summed E-state index contributed by atoms with van der Waals surface area (Å²) in [4.78, 5) is 29.7. The Hall–Kier alpha value is -2.05. The number of amides is 1. The number of aromatic amines is 1. The number of carbonyl (C=O) groups is 2. The second-order valence-electron chi connectivity index (χ2n) is 6.56. The predicted molar refractivity (Wildman–Crippen MR) is 98.1 cm³/mol. The molecular weight excluding hydrogens is 342 g/mol. The van der Waals surface area contributed by atoms with Gasteiger partial charge in [-0.05, 0) is 37.4 Å². The van der Waals surface area contributed by atoms with Crippen molar-refractivity contribution in [2.45, 2.75) is 19.8 Å². The largest absolute Gasteiger partial charge is 0.464 e. The van der Waals surface area contributed by atoms with E-state index in [9.17, 15) is 9.59 Å². The number of H-pyrrole nitrogens is 1. The van der Waals surface area contributed by atoms with E-state index < -0.39 is 5.97 Å². The van der Waals surface area contributed by atoms with Gasteiger partial charge in [-0.1, -0.05) is 24.6 Å². The van der Waals surface area contributed by atoms with E-state index in [0.29, 0.717) is 34.1 Å². The van der Waals surface area contributed by atoms with Crippen molar-refractivity contribution < 1.29 is 14.3 Å². The molecule has 0 unspecified atom stereocenters. The van der Waals surface area contributed by atoms with Gasteiger partial charge in [-0.2, -0.15) is 0 Å². The highest BCUT2D eigenvalue weighted by Crippen LogP contribution is 2.34. The van der Waals surface area contributed by atoms with Gasteiger partial charge in [-0.25, -0.2) is 4.79 Å². The minimum atomic E-state index is -0.547. The van der Waals surface area contributed by atoms with Gasteiger partial charge in [0.15, 0.2) is 0 Å². The minimum Gasteiger partial charge on any atom is -0.464 e. The highest BCUT2D eigenvalue weighted by atomic mass is 35.5. The number of anilines is 1. The third-order valence-electron chi connectivity index (χ3n) is 4.54. The standard InChI is InChI=1S/C18H22ClN3O3/c1-11-5-4-8-22(9-11)10-14(23)21-16-15-12(19)6-3-7-13(15)20-17(16)18(24)25-2/h3,6-7,11,20H,4-5,8-10H2,1-2H3,(H,21,23)/t11-/m1/s1. The molecule has 2 N–H and O–H groups in total. The van der Waals surface area contributed by atoms with Crippen molar-refractivity contribution in [2.24, 2.45) is 5.92 Å². The first kappa shape index (κ1) is 17.8. The van der Waals surface area contributed by atoms with Gasteiger partial charge in [0.2, 0.25) is 5.91 Å². The first-order chi connectivity index (χ1) is 12.0. The molecule has 1 saturated heterocycles. The Kier molecular flexibility index (Phi) is 5.30. The Morgan fingerprint density at radius 1 is 1.44 bits per heavy atom. The van der Waals surface area contributed by atoms with Crippen LogP contribution < -0.4 is 5.32 Å². The fourth-order valence-corrected chi connectivity index (χ4v) is 3.67. The zero-order chi connectivity index (χ0) is 18.0. The quantitative estimate of drug-likeness (QED) is 0.817. The van der Waals surface area contributed by atoms with Crippen LogP contribution in [0.5, 0.6) is 0 Å². The molecule has 0 spiro atoms. The topological polar surface area (TPSA) is 74.4 Å². The Morgan fingerprint density at radius 3 is 2.96 bits per heavy atom. The number of halogens is 1. The average Bonchev–Trinajstić information content (AvgIpc) is 2.94. The van der Waals surface area contributed by atoms with E-state index in [1.807, 2.05) is 0 Å². The Bertz CT molecular complexity index is 802. The molecule has 0 saturated carbocycles. The number of methoxy groups -OCH3 is 1. The van der Waals surface area contributed by atoms with Crippen LogP contribution in [0.4, 0.5) is 5.69 Å². The van der Waals surface area contributed by atoms with Crippen molar-refractivity contribution in [3.05, 3.63) is 28.9 Å². The van der Waals surface area contributed by atoms with Crippen LogP contribution in [0.1, 0.15) is 30.3 Å². The summed E-state index contributed by atoms with van der Waals surface area (Å²) >= 11 is 6.28. The monoisotopic (exact) mass is 363 g/mol. The van der Waals surface area contributed by atoms with Crippen LogP contribution >= 0.6 is 11.6 Å². The number of nitrogens with one attached hydrogen (secondary N) is 2. The fourth-order valence-electron chi connectivity index (χ4n) is 3.40. The number of carbonyl (C=O) groups excluding carboxylic acids is 2. The molecule has 3 rings (SSSR count). The molecule has 1 aromatic heterocycles. The summed E-state index contributed by atoms with van der Waals surface area (Å²) in [5, 5.41) is 3.93. The van der Waals surface area contributed by atoms with E-state index in [2.05, 4.69) is 22.1 Å². The van der Waals surface area contributed by atoms with Crippen LogP contribution in [0.15, 0.2) is 18.2 Å². The maximum absolute atomic E-state index is 12.5. The van der Waals surface area contributed by atoms with E-state index in [1.54, 1.807) is 18.2 Å². The Balaban J connectivity index is 1.86. The van der Waals surface area contributed by atoms with Crippen LogP contribution in [0.2, 0.25) is 5.02 Å². The molecule has 0 aliphatic carbocycles. The molecule has 6 nitrogen and oxygen atoms in total. The highest BCUT2D eigenvalue weighted by molar-refractivity contribution is 6.37. The van der Waals surface area contributed by atoms with Gasteiger partial charge < -0.3 is 15.0 Å². The summed E-state index contributed by atoms with van der Waals surface area (Å²) in [5.74, 6) is -0.121. The van der Waals surface area contributed by atoms with Gasteiger partial charge in [0, 0.05) is 17.4 Å². The molecule has 1 aromatic carbocycles. The van der Waals surface area contributed by atoms with Gasteiger partial charge in [-0.15, -0.1) is 0 Å². The summed E-state index contributed by atoms with van der Waals surface area (Å²) in [6, 6.07) is 5.30. The SMILES string of the molecule is COC(=O)c1[nH]c2cccc(Cl)c2c1NC(=O)CN1CCC[C@@H](C)C1. The zero-order valence-corrected chi connectivity index (χ0v) is 15.2. The summed E-state index contributed by atoms with van der Waals surface area (Å²) in [7, 11) is 1.30. The molecule has 134 valence electrons. The molecule has 1 amide bonds. The van der Waals surface area contributed by atoms with Crippen molar-refractivity contribution >= 4 is 40.1 Å². The van der Waals surface area contributed by atoms with Crippen molar-refractivity contribution in [1.29, 1.82) is 0 Å². The first-order valence-corrected chi connectivity index (χ1v) is 8.78. The van der Waals surface area contributed by atoms with Gasteiger partial charge in [-0.3, -0.25) is 9.69 Å². The number of piperidine rings is 1. The number of benzene rings is 1. The highest BCUT2D eigenvalue weighted by Gasteiger charge is 2.24. The average molecular weight is 364 g/mol. The van der Waals surface area contributed by atoms with E-state index in [4.69, 9.17) is 16.3 Å². The number of aromatic nitrogens is 1. The molecular formula is C18H22ClN3O3. The molecule has 0 bridgehead atoms. The maximum atomic E-state index is 12.5. The number of likely N-dealkylation sites (tertiary alicyclic amines) is 1. The van der Waals surface area contributed by atoms with E-state index in [-0.39, 0.29) is 11.6 Å². The van der Waals surface area contributed by atoms with Crippen LogP contribution in [-0.2, 0) is 9.53 Å². The second kappa shape index (κ2) is 7.45. The second-order valence-corrected chi connectivity index (χ2v) is 6.97. The van der Waals surface area contributed by atoms with Crippen molar-refractivity contribution in [3.63, 3.8) is 0 Å². The molecule has 1 aliphatic rings. The van der Waals surface area contributed by atoms with Gasteiger partial charge in [0.25, 0.3) is 0 Å². The van der Waals surface area contributed by atoms with Crippen molar-refractivity contribution in [1.82, 2.24) is 9.88 Å². The minimum absolute atomic E-state index is 0.167. The normalized spacial score (nSPS) is 18.3. The van der Waals surface area contributed by atoms with E-state index in [1.165, 1.54) is 13.5 Å². The summed E-state index contributed by atoms with van der Waals surface area (Å²) in [5.41, 5.74) is 1.25. The molecule has 1 atom stereocenters. The summed E-state index contributed by atoms with van der Waals surface area (Å²) in [6.07, 6.45) is 2.30. The van der Waals surface area contributed by atoms with Crippen LogP contribution in [0, 0.1) is 5.92 Å². The predicted octanol–water partition coefficient (Wildman–Crippen LogP) is 3.28. The first-order valence-electron chi connectivity index (χ1n) is 8.40. The molecule has 7 heteroatoms. The maximum Gasteiger partial charge on any atom is 0.356 e. The molecule has 25 heavy (non-hydrogen) atoms. The lowest BCUT2D eigenvalue weighted by Gasteiger charge is -2.30. The van der Waals surface area contributed by atoms with Gasteiger partial charge in [0.05, 0.1) is 24.4 Å². The van der Waals surface area contributed by atoms with Crippen LogP contribution in [0.3, 0.4) is 0 Å². The lowest BCUT2D eigenvalue weighted by molar-refractivity contribution is -0.117. The van der Waals surface area contributed by atoms with Gasteiger partial charge in [0.1, 0.15) is 5.69 Å². The zero-order valence-electron chi connectivity index (χ0n) is 14.4. The third kappa shape index (κ3) is 3.80. The number of hydrogen-bond donors (Lipinski definition) is 2. The molecule has 2 heterocycles. The molecule has 1 fully saturated rings. The lowest BCUT2D eigenvalue weighted by Crippen LogP contribution is -2.39. The number of ether oxygens (including phenoxy) is 1. The van der Waals surface area contributed by atoms with E-state index >= 15 is 0 Å². The number of nitrogens with zero attached hydrogens (tertiary/aromatic N) is 1. The van der Waals surface area contributed by atoms with Crippen LogP contribution in [-0.4, -0.2) is 48.5 Å². The smallest absolute Gasteiger partial charge is 0.356 e. The fraction of sp³-hybridized carbons (Fsp3) is 0.444. The van der Waals surface area contributed by atoms with Crippen LogP contribution in [0.25, 0.3) is 10.9 Å². The molecule has 0 radical (unpaired) electrons. The van der Waals surface area contributed by atoms with Crippen molar-refractivity contribution in [3.8, 4) is 0 Å². The Morgan fingerprint density at radius 2 is 2.24 bits per heavy atom. The Labute approximate surface area is 151 Å². The third-order valence-corrected chi connectivity index (χ3v) is 4.85. The van der Waals surface area contributed by atoms with Gasteiger partial charge >= 0.3 is 5.97 Å².